The van der Waals surface area contributed by atoms with Crippen LogP contribution in [0, 0.1) is 5.92 Å². The Morgan fingerprint density at radius 2 is 1.87 bits per heavy atom. The molecule has 8 nitrogen and oxygen atoms in total. The minimum Gasteiger partial charge on any atom is -0.497 e. The number of nitrogens with one attached hydrogen (secondary N) is 2. The molecule has 0 unspecified atom stereocenters. The molecule has 2 aliphatic heterocycles. The number of ether oxygens (including phenoxy) is 1. The average molecular weight is 429 g/mol. The average Bonchev–Trinajstić information content (AvgIpc) is 3.61. The highest BCUT2D eigenvalue weighted by Crippen LogP contribution is 2.42. The molecule has 168 valence electrons. The van der Waals surface area contributed by atoms with Crippen molar-refractivity contribution in [1.82, 2.24) is 20.4 Å². The lowest BCUT2D eigenvalue weighted by Gasteiger charge is -2.35. The third-order valence-corrected chi connectivity index (χ3v) is 6.82. The molecule has 2 saturated heterocycles. The van der Waals surface area contributed by atoms with E-state index in [1.807, 2.05) is 24.3 Å². The number of likely N-dealkylation sites (tertiary alicyclic amines) is 1. The number of methoxy groups -OCH3 is 1. The summed E-state index contributed by atoms with van der Waals surface area (Å²) < 4.78 is 5.27. The Hall–Kier alpha value is -2.61. The summed E-state index contributed by atoms with van der Waals surface area (Å²) in [5.74, 6) is 0.356. The van der Waals surface area contributed by atoms with Crippen LogP contribution in [0.25, 0.3) is 0 Å². The van der Waals surface area contributed by atoms with Gasteiger partial charge in [0.1, 0.15) is 17.8 Å². The summed E-state index contributed by atoms with van der Waals surface area (Å²) in [4.78, 5) is 41.2. The molecule has 1 aromatic carbocycles. The number of carbonyl (C=O) groups is 3. The predicted octanol–water partition coefficient (Wildman–Crippen LogP) is 2.06. The Kier molecular flexibility index (Phi) is 6.18. The van der Waals surface area contributed by atoms with Crippen LogP contribution in [0.2, 0.25) is 0 Å². The van der Waals surface area contributed by atoms with Gasteiger partial charge in [0, 0.05) is 6.54 Å². The molecule has 0 bridgehead atoms. The van der Waals surface area contributed by atoms with Crippen molar-refractivity contribution in [2.24, 2.45) is 5.92 Å². The molecular weight excluding hydrogens is 396 g/mol. The molecule has 31 heavy (non-hydrogen) atoms. The third kappa shape index (κ3) is 4.54. The van der Waals surface area contributed by atoms with Gasteiger partial charge < -0.3 is 15.4 Å². The first-order valence-electron chi connectivity index (χ1n) is 11.2. The molecule has 3 aliphatic rings. The molecule has 1 aromatic rings. The summed E-state index contributed by atoms with van der Waals surface area (Å²) in [5, 5.41) is 5.75. The van der Waals surface area contributed by atoms with Gasteiger partial charge >= 0.3 is 6.03 Å². The molecule has 4 amide bonds. The standard InChI is InChI=1S/C23H32N4O4/c1-23(17-8-9-17)21(29)27(22(30)25-23)15-20(28)24-14-19(26-12-4-3-5-13-26)16-6-10-18(31-2)11-7-16/h6-7,10-11,17,19H,3-5,8-9,12-15H2,1-2H3,(H,24,28)(H,25,30)/t19-,23+/m0/s1. The van der Waals surface area contributed by atoms with Gasteiger partial charge in [-0.15, -0.1) is 0 Å². The molecule has 2 N–H and O–H groups in total. The number of hydrogen-bond acceptors (Lipinski definition) is 5. The molecular formula is C23H32N4O4. The molecule has 2 heterocycles. The molecule has 3 fully saturated rings. The molecule has 1 aliphatic carbocycles. The summed E-state index contributed by atoms with van der Waals surface area (Å²) in [7, 11) is 1.64. The van der Waals surface area contributed by atoms with Crippen molar-refractivity contribution in [2.45, 2.75) is 50.6 Å². The number of carbonyl (C=O) groups excluding carboxylic acids is 3. The summed E-state index contributed by atoms with van der Waals surface area (Å²) in [5.41, 5.74) is 0.246. The molecule has 0 radical (unpaired) electrons. The first kappa shape index (κ1) is 21.6. The largest absolute Gasteiger partial charge is 0.497 e. The SMILES string of the molecule is COc1ccc([C@H](CNC(=O)CN2C(=O)N[C@](C)(C3CC3)C2=O)N2CCCCC2)cc1. The van der Waals surface area contributed by atoms with Crippen molar-refractivity contribution in [3.8, 4) is 5.75 Å². The van der Waals surface area contributed by atoms with E-state index < -0.39 is 11.6 Å². The van der Waals surface area contributed by atoms with Gasteiger partial charge in [-0.05, 0) is 69.3 Å². The fourth-order valence-corrected chi connectivity index (χ4v) is 4.72. The highest BCUT2D eigenvalue weighted by atomic mass is 16.5. The van der Waals surface area contributed by atoms with Gasteiger partial charge in [0.05, 0.1) is 13.2 Å². The number of rotatable bonds is 8. The van der Waals surface area contributed by atoms with E-state index in [0.29, 0.717) is 6.54 Å². The van der Waals surface area contributed by atoms with Crippen molar-refractivity contribution < 1.29 is 19.1 Å². The quantitative estimate of drug-likeness (QED) is 0.619. The normalized spacial score (nSPS) is 25.3. The maximum Gasteiger partial charge on any atom is 0.325 e. The summed E-state index contributed by atoms with van der Waals surface area (Å²) in [6.07, 6.45) is 5.37. The zero-order chi connectivity index (χ0) is 22.0. The smallest absolute Gasteiger partial charge is 0.325 e. The summed E-state index contributed by atoms with van der Waals surface area (Å²) in [6.45, 7) is 3.91. The lowest BCUT2D eigenvalue weighted by Crippen LogP contribution is -2.47. The van der Waals surface area contributed by atoms with Crippen molar-refractivity contribution >= 4 is 17.8 Å². The Bertz CT molecular complexity index is 832. The van der Waals surface area contributed by atoms with Crippen LogP contribution >= 0.6 is 0 Å². The van der Waals surface area contributed by atoms with Crippen LogP contribution in [0.5, 0.6) is 5.75 Å². The lowest BCUT2D eigenvalue weighted by molar-refractivity contribution is -0.135. The predicted molar refractivity (Wildman–Crippen MR) is 116 cm³/mol. The second-order valence-corrected chi connectivity index (χ2v) is 8.99. The zero-order valence-corrected chi connectivity index (χ0v) is 18.4. The van der Waals surface area contributed by atoms with Gasteiger partial charge in [-0.25, -0.2) is 4.79 Å². The van der Waals surface area contributed by atoms with Crippen LogP contribution in [-0.2, 0) is 9.59 Å². The van der Waals surface area contributed by atoms with Crippen LogP contribution in [-0.4, -0.2) is 66.5 Å². The number of urea groups is 1. The van der Waals surface area contributed by atoms with Crippen LogP contribution in [0.4, 0.5) is 4.79 Å². The minimum atomic E-state index is -0.864. The van der Waals surface area contributed by atoms with Crippen molar-refractivity contribution in [3.63, 3.8) is 0 Å². The van der Waals surface area contributed by atoms with E-state index in [0.717, 1.165) is 55.0 Å². The van der Waals surface area contributed by atoms with Gasteiger partial charge in [-0.2, -0.15) is 0 Å². The molecule has 0 spiro atoms. The van der Waals surface area contributed by atoms with Gasteiger partial charge in [0.2, 0.25) is 5.91 Å². The number of hydrogen-bond donors (Lipinski definition) is 2. The Labute approximate surface area is 183 Å². The molecule has 8 heteroatoms. The topological polar surface area (TPSA) is 91.0 Å². The maximum absolute atomic E-state index is 12.8. The van der Waals surface area contributed by atoms with Crippen LogP contribution in [0.15, 0.2) is 24.3 Å². The van der Waals surface area contributed by atoms with E-state index in [9.17, 15) is 14.4 Å². The van der Waals surface area contributed by atoms with Gasteiger partial charge in [-0.3, -0.25) is 19.4 Å². The zero-order valence-electron chi connectivity index (χ0n) is 18.4. The number of benzene rings is 1. The Balaban J connectivity index is 1.39. The molecule has 0 aromatic heterocycles. The van der Waals surface area contributed by atoms with E-state index >= 15 is 0 Å². The van der Waals surface area contributed by atoms with Gasteiger partial charge in [0.15, 0.2) is 0 Å². The van der Waals surface area contributed by atoms with E-state index in [1.54, 1.807) is 14.0 Å². The molecule has 1 saturated carbocycles. The summed E-state index contributed by atoms with van der Waals surface area (Å²) >= 11 is 0. The van der Waals surface area contributed by atoms with Crippen LogP contribution in [0.1, 0.15) is 50.6 Å². The van der Waals surface area contributed by atoms with Gasteiger partial charge in [-0.1, -0.05) is 18.6 Å². The monoisotopic (exact) mass is 428 g/mol. The number of amides is 4. The fraction of sp³-hybridized carbons (Fsp3) is 0.609. The van der Waals surface area contributed by atoms with Crippen LogP contribution < -0.4 is 15.4 Å². The first-order chi connectivity index (χ1) is 14.9. The Morgan fingerprint density at radius 1 is 1.19 bits per heavy atom. The van der Waals surface area contributed by atoms with E-state index in [2.05, 4.69) is 15.5 Å². The third-order valence-electron chi connectivity index (χ3n) is 6.82. The van der Waals surface area contributed by atoms with E-state index in [-0.39, 0.29) is 30.3 Å². The number of piperidine rings is 1. The van der Waals surface area contributed by atoms with Crippen molar-refractivity contribution in [1.29, 1.82) is 0 Å². The second-order valence-electron chi connectivity index (χ2n) is 8.99. The molecule has 2 atom stereocenters. The van der Waals surface area contributed by atoms with Gasteiger partial charge in [0.25, 0.3) is 5.91 Å². The highest BCUT2D eigenvalue weighted by molar-refractivity contribution is 6.09. The number of nitrogens with zero attached hydrogens (tertiary/aromatic N) is 2. The van der Waals surface area contributed by atoms with E-state index in [4.69, 9.17) is 4.74 Å². The Morgan fingerprint density at radius 3 is 2.48 bits per heavy atom. The fourth-order valence-electron chi connectivity index (χ4n) is 4.72. The summed E-state index contributed by atoms with van der Waals surface area (Å²) in [6, 6.07) is 7.48. The maximum atomic E-state index is 12.8. The van der Waals surface area contributed by atoms with Crippen LogP contribution in [0.3, 0.4) is 0 Å². The highest BCUT2D eigenvalue weighted by Gasteiger charge is 2.56. The lowest BCUT2D eigenvalue weighted by atomic mass is 9.96. The van der Waals surface area contributed by atoms with Crippen molar-refractivity contribution in [3.05, 3.63) is 29.8 Å². The molecule has 4 rings (SSSR count). The second kappa shape index (κ2) is 8.86. The van der Waals surface area contributed by atoms with E-state index in [1.165, 1.54) is 6.42 Å². The first-order valence-corrected chi connectivity index (χ1v) is 11.2. The minimum absolute atomic E-state index is 0.0370. The number of imide groups is 1. The van der Waals surface area contributed by atoms with Crippen molar-refractivity contribution in [2.75, 3.05) is 33.3 Å².